The van der Waals surface area contributed by atoms with Crippen LogP contribution < -0.4 is 4.90 Å². The highest BCUT2D eigenvalue weighted by atomic mass is 35.5. The minimum Gasteiger partial charge on any atom is -0.315 e. The summed E-state index contributed by atoms with van der Waals surface area (Å²) in [6, 6.07) is 9.55. The van der Waals surface area contributed by atoms with Crippen molar-refractivity contribution in [2.24, 2.45) is 0 Å². The smallest absolute Gasteiger partial charge is 0.214 e. The molecule has 0 bridgehead atoms. The molecule has 0 aliphatic rings. The Kier molecular flexibility index (Phi) is 4.33. The van der Waals surface area contributed by atoms with Crippen molar-refractivity contribution < 1.29 is 4.79 Å². The molecule has 2 nitrogen and oxygen atoms in total. The molecule has 1 aromatic carbocycles. The van der Waals surface area contributed by atoms with E-state index in [2.05, 4.69) is 0 Å². The number of halogens is 1. The topological polar surface area (TPSA) is 20.3 Å². The van der Waals surface area contributed by atoms with Crippen molar-refractivity contribution in [3.63, 3.8) is 0 Å². The van der Waals surface area contributed by atoms with Crippen molar-refractivity contribution in [1.29, 1.82) is 0 Å². The molecule has 0 aromatic heterocycles. The first kappa shape index (κ1) is 10.1. The van der Waals surface area contributed by atoms with Gasteiger partial charge >= 0.3 is 0 Å². The van der Waals surface area contributed by atoms with Crippen LogP contribution >= 0.6 is 11.6 Å². The quantitative estimate of drug-likeness (QED) is 0.524. The van der Waals surface area contributed by atoms with E-state index >= 15 is 0 Å². The molecule has 0 saturated heterocycles. The van der Waals surface area contributed by atoms with Gasteiger partial charge in [0.05, 0.1) is 0 Å². The van der Waals surface area contributed by atoms with Gasteiger partial charge in [-0.05, 0) is 18.6 Å². The molecule has 13 heavy (non-hydrogen) atoms. The Hall–Kier alpha value is -1.02. The fourth-order valence-corrected chi connectivity index (χ4v) is 1.21. The van der Waals surface area contributed by atoms with Gasteiger partial charge in [-0.2, -0.15) is 0 Å². The van der Waals surface area contributed by atoms with Gasteiger partial charge in [-0.1, -0.05) is 18.2 Å². The molecule has 70 valence electrons. The van der Waals surface area contributed by atoms with E-state index in [1.165, 1.54) is 0 Å². The highest BCUT2D eigenvalue weighted by Gasteiger charge is 2.02. The number of alkyl halides is 1. The molecule has 0 heterocycles. The Morgan fingerprint density at radius 2 is 2.00 bits per heavy atom. The normalized spacial score (nSPS) is 9.62. The Balaban J connectivity index is 2.61. The summed E-state index contributed by atoms with van der Waals surface area (Å²) in [5, 5.41) is 0. The molecule has 1 rings (SSSR count). The third-order valence-electron chi connectivity index (χ3n) is 1.75. The highest BCUT2D eigenvalue weighted by Crippen LogP contribution is 2.11. The first-order chi connectivity index (χ1) is 6.38. The number of rotatable bonds is 5. The largest absolute Gasteiger partial charge is 0.315 e. The van der Waals surface area contributed by atoms with Crippen molar-refractivity contribution in [2.75, 3.05) is 17.3 Å². The van der Waals surface area contributed by atoms with Crippen molar-refractivity contribution in [3.8, 4) is 0 Å². The summed E-state index contributed by atoms with van der Waals surface area (Å²) in [7, 11) is 0. The SMILES string of the molecule is O=CN(CCCCl)c1ccccc1. The predicted octanol–water partition coefficient (Wildman–Crippen LogP) is 2.28. The van der Waals surface area contributed by atoms with Crippen LogP contribution in [0.15, 0.2) is 30.3 Å². The Morgan fingerprint density at radius 3 is 2.54 bits per heavy atom. The van der Waals surface area contributed by atoms with Gasteiger partial charge in [-0.25, -0.2) is 0 Å². The van der Waals surface area contributed by atoms with E-state index in [9.17, 15) is 4.79 Å². The minimum absolute atomic E-state index is 0.581. The second-order valence-corrected chi connectivity index (χ2v) is 3.05. The summed E-state index contributed by atoms with van der Waals surface area (Å²) in [5.41, 5.74) is 0.919. The summed E-state index contributed by atoms with van der Waals surface area (Å²) in [5.74, 6) is 0.581. The van der Waals surface area contributed by atoms with Gasteiger partial charge < -0.3 is 4.90 Å². The van der Waals surface area contributed by atoms with E-state index in [4.69, 9.17) is 11.6 Å². The fraction of sp³-hybridized carbons (Fsp3) is 0.300. The van der Waals surface area contributed by atoms with E-state index in [-0.39, 0.29) is 0 Å². The third-order valence-corrected chi connectivity index (χ3v) is 2.01. The van der Waals surface area contributed by atoms with Crippen LogP contribution in [0.25, 0.3) is 0 Å². The first-order valence-electron chi connectivity index (χ1n) is 4.21. The number of benzene rings is 1. The first-order valence-corrected chi connectivity index (χ1v) is 4.75. The molecule has 0 fully saturated rings. The van der Waals surface area contributed by atoms with Crippen molar-refractivity contribution >= 4 is 23.7 Å². The van der Waals surface area contributed by atoms with Crippen LogP contribution in [0.1, 0.15) is 6.42 Å². The van der Waals surface area contributed by atoms with Crippen LogP contribution in [0.2, 0.25) is 0 Å². The van der Waals surface area contributed by atoms with Gasteiger partial charge in [0, 0.05) is 18.1 Å². The number of carbonyl (C=O) groups excluding carboxylic acids is 1. The molecule has 0 unspecified atom stereocenters. The molecule has 0 radical (unpaired) electrons. The molecule has 1 aromatic rings. The van der Waals surface area contributed by atoms with Crippen molar-refractivity contribution in [1.82, 2.24) is 0 Å². The minimum atomic E-state index is 0.581. The highest BCUT2D eigenvalue weighted by molar-refractivity contribution is 6.17. The Morgan fingerprint density at radius 1 is 1.31 bits per heavy atom. The van der Waals surface area contributed by atoms with E-state index in [0.29, 0.717) is 12.4 Å². The van der Waals surface area contributed by atoms with E-state index < -0.39 is 0 Å². The van der Waals surface area contributed by atoms with E-state index in [1.54, 1.807) is 4.90 Å². The molecular formula is C10H12ClNO. The zero-order valence-electron chi connectivity index (χ0n) is 7.32. The fourth-order valence-electron chi connectivity index (χ4n) is 1.09. The van der Waals surface area contributed by atoms with Crippen LogP contribution in [0.5, 0.6) is 0 Å². The van der Waals surface area contributed by atoms with E-state index in [0.717, 1.165) is 18.5 Å². The van der Waals surface area contributed by atoms with Crippen LogP contribution in [0, 0.1) is 0 Å². The van der Waals surface area contributed by atoms with Crippen LogP contribution in [-0.4, -0.2) is 18.8 Å². The Bertz CT molecular complexity index is 250. The van der Waals surface area contributed by atoms with Crippen molar-refractivity contribution in [2.45, 2.75) is 6.42 Å². The zero-order valence-corrected chi connectivity index (χ0v) is 8.07. The second-order valence-electron chi connectivity index (χ2n) is 2.68. The molecule has 0 spiro atoms. The lowest BCUT2D eigenvalue weighted by atomic mass is 10.3. The summed E-state index contributed by atoms with van der Waals surface area (Å²) in [6.07, 6.45) is 1.65. The van der Waals surface area contributed by atoms with Crippen molar-refractivity contribution in [3.05, 3.63) is 30.3 Å². The zero-order chi connectivity index (χ0) is 9.52. The van der Waals surface area contributed by atoms with E-state index in [1.807, 2.05) is 30.3 Å². The molecular weight excluding hydrogens is 186 g/mol. The number of hydrogen-bond donors (Lipinski definition) is 0. The van der Waals surface area contributed by atoms with Crippen LogP contribution in [0.3, 0.4) is 0 Å². The predicted molar refractivity (Wildman–Crippen MR) is 55.2 cm³/mol. The Labute approximate surface area is 83.1 Å². The summed E-state index contributed by atoms with van der Waals surface area (Å²) >= 11 is 5.55. The average molecular weight is 198 g/mol. The maximum atomic E-state index is 10.7. The third kappa shape index (κ3) is 3.07. The lowest BCUT2D eigenvalue weighted by Crippen LogP contribution is -2.22. The number of carbonyl (C=O) groups is 1. The van der Waals surface area contributed by atoms with Gasteiger partial charge in [0.25, 0.3) is 0 Å². The van der Waals surface area contributed by atoms with Gasteiger partial charge in [0.2, 0.25) is 6.41 Å². The molecule has 3 heteroatoms. The molecule has 0 aliphatic carbocycles. The number of anilines is 1. The number of hydrogen-bond acceptors (Lipinski definition) is 1. The summed E-state index contributed by atoms with van der Waals surface area (Å²) in [6.45, 7) is 0.678. The standard InChI is InChI=1S/C10H12ClNO/c11-7-4-8-12(9-13)10-5-2-1-3-6-10/h1-3,5-6,9H,4,7-8H2. The maximum absolute atomic E-state index is 10.7. The van der Waals surface area contributed by atoms with Gasteiger partial charge in [-0.15, -0.1) is 11.6 Å². The number of nitrogens with zero attached hydrogens (tertiary/aromatic N) is 1. The molecule has 0 atom stereocenters. The lowest BCUT2D eigenvalue weighted by Gasteiger charge is -2.16. The number of amides is 1. The van der Waals surface area contributed by atoms with Gasteiger partial charge in [-0.3, -0.25) is 4.79 Å². The lowest BCUT2D eigenvalue weighted by molar-refractivity contribution is -0.107. The summed E-state index contributed by atoms with van der Waals surface area (Å²) < 4.78 is 0. The average Bonchev–Trinajstić information content (AvgIpc) is 2.21. The number of para-hydroxylation sites is 1. The van der Waals surface area contributed by atoms with Crippen LogP contribution in [-0.2, 0) is 4.79 Å². The summed E-state index contributed by atoms with van der Waals surface area (Å²) in [4.78, 5) is 12.3. The maximum Gasteiger partial charge on any atom is 0.214 e. The van der Waals surface area contributed by atoms with Gasteiger partial charge in [0.15, 0.2) is 0 Å². The van der Waals surface area contributed by atoms with Crippen LogP contribution in [0.4, 0.5) is 5.69 Å². The molecule has 0 N–H and O–H groups in total. The molecule has 0 aliphatic heterocycles. The molecule has 1 amide bonds. The second kappa shape index (κ2) is 5.60. The van der Waals surface area contributed by atoms with Gasteiger partial charge in [0.1, 0.15) is 0 Å². The molecule has 0 saturated carbocycles. The monoisotopic (exact) mass is 197 g/mol.